The molecule has 0 saturated heterocycles. The van der Waals surface area contributed by atoms with Crippen LogP contribution in [0.5, 0.6) is 11.5 Å². The number of aromatic nitrogens is 2. The summed E-state index contributed by atoms with van der Waals surface area (Å²) in [5, 5.41) is 12.3. The molecule has 2 aromatic carbocycles. The van der Waals surface area contributed by atoms with Crippen molar-refractivity contribution in [2.75, 3.05) is 52.4 Å². The number of hydrogen-bond acceptors (Lipinski definition) is 8. The lowest BCUT2D eigenvalue weighted by atomic mass is 10.1. The minimum Gasteiger partial charge on any atom is -0.497 e. The quantitative estimate of drug-likeness (QED) is 0.180. The molecule has 0 bridgehead atoms. The number of nitrogen functional groups attached to an aromatic ring is 2. The molecule has 0 fully saturated rings. The monoisotopic (exact) mass is 599 g/mol. The first kappa shape index (κ1) is 32.4. The molecule has 42 heavy (non-hydrogen) atoms. The number of nitrogens with two attached hydrogens (primary N) is 2. The number of carbonyl (C=O) groups excluding carboxylic acids is 1. The lowest BCUT2D eigenvalue weighted by Crippen LogP contribution is -2.55. The average Bonchev–Trinajstić information content (AvgIpc) is 2.95. The standard InChI is InChI=1S/C30H39ClN6O5/c1-37(16-4-6-20-8-12-23(41-2)13-9-20,17-5-7-21-10-14-24(42-3)15-11-21)19-22(18-25(38)39)34-30(40)26-28(32)36-29(33)27(31)35-26/h8-15,22H,4-7,16-19H2,1-3H3,(H5-,32,33,34,36,38,39,40)/p+1/t22-/m0/s1. The summed E-state index contributed by atoms with van der Waals surface area (Å²) in [6.45, 7) is 1.94. The van der Waals surface area contributed by atoms with Gasteiger partial charge in [-0.1, -0.05) is 35.9 Å². The van der Waals surface area contributed by atoms with Gasteiger partial charge in [0, 0.05) is 12.8 Å². The third-order valence-electron chi connectivity index (χ3n) is 7.18. The van der Waals surface area contributed by atoms with E-state index in [2.05, 4.69) is 22.3 Å². The number of carboxylic acids is 1. The van der Waals surface area contributed by atoms with Gasteiger partial charge in [0.15, 0.2) is 22.5 Å². The number of nitrogens with one attached hydrogen (secondary N) is 1. The Hall–Kier alpha value is -4.09. The maximum Gasteiger partial charge on any atom is 0.305 e. The van der Waals surface area contributed by atoms with Gasteiger partial charge < -0.3 is 35.8 Å². The fourth-order valence-corrected chi connectivity index (χ4v) is 5.10. The van der Waals surface area contributed by atoms with E-state index in [0.717, 1.165) is 50.3 Å². The van der Waals surface area contributed by atoms with Crippen molar-refractivity contribution in [1.82, 2.24) is 15.3 Å². The van der Waals surface area contributed by atoms with Gasteiger partial charge in [0.25, 0.3) is 5.91 Å². The molecular formula is C30H40ClN6O5+. The van der Waals surface area contributed by atoms with Crippen LogP contribution in [0.15, 0.2) is 48.5 Å². The van der Waals surface area contributed by atoms with Crippen LogP contribution in [0.2, 0.25) is 5.15 Å². The van der Waals surface area contributed by atoms with Crippen molar-refractivity contribution in [2.24, 2.45) is 0 Å². The number of rotatable bonds is 16. The molecule has 0 aliphatic rings. The predicted molar refractivity (Wildman–Crippen MR) is 163 cm³/mol. The molecule has 12 heteroatoms. The highest BCUT2D eigenvalue weighted by molar-refractivity contribution is 6.31. The van der Waals surface area contributed by atoms with Gasteiger partial charge in [0.05, 0.1) is 53.4 Å². The number of nitrogens with zero attached hydrogens (tertiary/aromatic N) is 3. The first-order chi connectivity index (χ1) is 20.0. The summed E-state index contributed by atoms with van der Waals surface area (Å²) < 4.78 is 11.1. The van der Waals surface area contributed by atoms with E-state index in [1.165, 1.54) is 11.1 Å². The second kappa shape index (κ2) is 15.2. The number of aliphatic carboxylic acids is 1. The zero-order chi connectivity index (χ0) is 30.7. The average molecular weight is 600 g/mol. The first-order valence-electron chi connectivity index (χ1n) is 13.7. The predicted octanol–water partition coefficient (Wildman–Crippen LogP) is 3.60. The third kappa shape index (κ3) is 9.78. The van der Waals surface area contributed by atoms with E-state index < -0.39 is 17.9 Å². The van der Waals surface area contributed by atoms with E-state index in [1.807, 2.05) is 48.5 Å². The van der Waals surface area contributed by atoms with Crippen LogP contribution in [0, 0.1) is 0 Å². The Balaban J connectivity index is 1.75. The summed E-state index contributed by atoms with van der Waals surface area (Å²) in [5.74, 6) is -0.352. The second-order valence-electron chi connectivity index (χ2n) is 10.6. The van der Waals surface area contributed by atoms with Crippen LogP contribution >= 0.6 is 11.6 Å². The summed E-state index contributed by atoms with van der Waals surface area (Å²) >= 11 is 5.96. The number of ether oxygens (including phenoxy) is 2. The van der Waals surface area contributed by atoms with E-state index in [4.69, 9.17) is 32.5 Å². The molecule has 0 radical (unpaired) electrons. The van der Waals surface area contributed by atoms with Crippen molar-refractivity contribution >= 4 is 35.1 Å². The van der Waals surface area contributed by atoms with E-state index in [-0.39, 0.29) is 28.9 Å². The number of amides is 1. The minimum atomic E-state index is -1.03. The number of benzene rings is 2. The van der Waals surface area contributed by atoms with Crippen LogP contribution in [-0.4, -0.2) is 78.4 Å². The number of halogens is 1. The summed E-state index contributed by atoms with van der Waals surface area (Å²) in [7, 11) is 5.37. The maximum absolute atomic E-state index is 13.1. The first-order valence-corrected chi connectivity index (χ1v) is 14.1. The molecule has 1 atom stereocenters. The molecule has 0 aliphatic heterocycles. The third-order valence-corrected chi connectivity index (χ3v) is 7.46. The van der Waals surface area contributed by atoms with Crippen LogP contribution in [-0.2, 0) is 17.6 Å². The molecule has 0 saturated carbocycles. The number of hydrogen-bond donors (Lipinski definition) is 4. The molecule has 0 aliphatic carbocycles. The van der Waals surface area contributed by atoms with Gasteiger partial charge in [-0.05, 0) is 48.2 Å². The number of aryl methyl sites for hydroxylation is 2. The van der Waals surface area contributed by atoms with Gasteiger partial charge in [0.1, 0.15) is 11.5 Å². The number of carboxylic acid groups (broad SMARTS) is 1. The Morgan fingerprint density at radius 3 is 1.86 bits per heavy atom. The molecule has 226 valence electrons. The van der Waals surface area contributed by atoms with Crippen molar-refractivity contribution in [1.29, 1.82) is 0 Å². The SMILES string of the molecule is COc1ccc(CCC[N+](C)(CCCc2ccc(OC)cc2)C[C@H](CC(=O)O)NC(=O)c2nc(Cl)c(N)nc2N)cc1. The van der Waals surface area contributed by atoms with Crippen LogP contribution in [0.4, 0.5) is 11.6 Å². The van der Waals surface area contributed by atoms with Gasteiger partial charge in [-0.2, -0.15) is 0 Å². The summed E-state index contributed by atoms with van der Waals surface area (Å²) in [5.41, 5.74) is 13.7. The normalized spacial score (nSPS) is 12.0. The summed E-state index contributed by atoms with van der Waals surface area (Å²) in [6.07, 6.45) is 3.16. The minimum absolute atomic E-state index is 0.0919. The molecule has 0 unspecified atom stereocenters. The van der Waals surface area contributed by atoms with E-state index >= 15 is 0 Å². The molecule has 11 nitrogen and oxygen atoms in total. The molecular weight excluding hydrogens is 560 g/mol. The Kier molecular flexibility index (Phi) is 11.8. The summed E-state index contributed by atoms with van der Waals surface area (Å²) in [4.78, 5) is 32.7. The molecule has 1 amide bonds. The van der Waals surface area contributed by atoms with Crippen molar-refractivity contribution in [3.63, 3.8) is 0 Å². The van der Waals surface area contributed by atoms with E-state index in [0.29, 0.717) is 11.0 Å². The smallest absolute Gasteiger partial charge is 0.305 e. The topological polar surface area (TPSA) is 163 Å². The van der Waals surface area contributed by atoms with Crippen LogP contribution in [0.3, 0.4) is 0 Å². The van der Waals surface area contributed by atoms with Crippen LogP contribution < -0.4 is 26.3 Å². The van der Waals surface area contributed by atoms with Crippen molar-refractivity contribution < 1.29 is 28.7 Å². The molecule has 1 aromatic heterocycles. The largest absolute Gasteiger partial charge is 0.497 e. The lowest BCUT2D eigenvalue weighted by molar-refractivity contribution is -0.911. The van der Waals surface area contributed by atoms with Crippen molar-refractivity contribution in [2.45, 2.75) is 38.1 Å². The van der Waals surface area contributed by atoms with Crippen molar-refractivity contribution in [3.05, 3.63) is 70.5 Å². The van der Waals surface area contributed by atoms with E-state index in [1.54, 1.807) is 14.2 Å². The Labute approximate surface area is 251 Å². The molecule has 3 rings (SSSR count). The number of carbonyl (C=O) groups is 2. The zero-order valence-electron chi connectivity index (χ0n) is 24.3. The number of quaternary nitrogens is 1. The highest BCUT2D eigenvalue weighted by Crippen LogP contribution is 2.20. The fourth-order valence-electron chi connectivity index (χ4n) is 4.98. The summed E-state index contributed by atoms with van der Waals surface area (Å²) in [6, 6.07) is 15.2. The van der Waals surface area contributed by atoms with Gasteiger partial charge >= 0.3 is 5.97 Å². The van der Waals surface area contributed by atoms with Gasteiger partial charge in [-0.15, -0.1) is 0 Å². The number of likely N-dealkylation sites (N-methyl/N-ethyl adjacent to an activating group) is 1. The van der Waals surface area contributed by atoms with Crippen LogP contribution in [0.1, 0.15) is 40.9 Å². The van der Waals surface area contributed by atoms with Gasteiger partial charge in [0.2, 0.25) is 0 Å². The number of anilines is 2. The molecule has 6 N–H and O–H groups in total. The van der Waals surface area contributed by atoms with Crippen molar-refractivity contribution in [3.8, 4) is 11.5 Å². The van der Waals surface area contributed by atoms with Crippen LogP contribution in [0.25, 0.3) is 0 Å². The Morgan fingerprint density at radius 1 is 0.905 bits per heavy atom. The molecule has 0 spiro atoms. The highest BCUT2D eigenvalue weighted by Gasteiger charge is 2.30. The molecule has 1 heterocycles. The zero-order valence-corrected chi connectivity index (χ0v) is 25.1. The second-order valence-corrected chi connectivity index (χ2v) is 10.9. The Morgan fingerprint density at radius 2 is 1.40 bits per heavy atom. The molecule has 3 aromatic rings. The van der Waals surface area contributed by atoms with Gasteiger partial charge in [-0.25, -0.2) is 9.97 Å². The maximum atomic E-state index is 13.1. The number of methoxy groups -OCH3 is 2. The lowest BCUT2D eigenvalue weighted by Gasteiger charge is -2.38. The Bertz CT molecular complexity index is 1280. The highest BCUT2D eigenvalue weighted by atomic mass is 35.5. The fraction of sp³-hybridized carbons (Fsp3) is 0.400. The van der Waals surface area contributed by atoms with E-state index in [9.17, 15) is 14.7 Å². The van der Waals surface area contributed by atoms with Gasteiger partial charge in [-0.3, -0.25) is 9.59 Å².